The summed E-state index contributed by atoms with van der Waals surface area (Å²) in [5.41, 5.74) is 0. The summed E-state index contributed by atoms with van der Waals surface area (Å²) in [4.78, 5) is 23.1. The molecule has 52 heavy (non-hydrogen) atoms. The van der Waals surface area contributed by atoms with Gasteiger partial charge in [-0.15, -0.1) is 0 Å². The van der Waals surface area contributed by atoms with E-state index in [0.717, 1.165) is 38.5 Å². The standard InChI is InChI=1S/C43H87N2O6P/c1-6-8-10-12-14-16-18-20-21-22-23-25-27-29-31-33-35-37-43(47)44-41(40-51-52(48,49)50-39-38-45(3,4)5)42(46)36-34-32-30-28-26-24-19-17-15-13-11-9-7-2/h34,36,41-42,46H,6-33,35,37-40H2,1-5H3,(H-,44,47,48,49)/p+1/t41-,42+/m0/s1. The van der Waals surface area contributed by atoms with Crippen molar-refractivity contribution < 1.29 is 32.9 Å². The van der Waals surface area contributed by atoms with Gasteiger partial charge in [0.15, 0.2) is 0 Å². The van der Waals surface area contributed by atoms with Gasteiger partial charge in [0.25, 0.3) is 0 Å². The second-order valence-electron chi connectivity index (χ2n) is 16.4. The van der Waals surface area contributed by atoms with Gasteiger partial charge in [-0.2, -0.15) is 0 Å². The average Bonchev–Trinajstić information content (AvgIpc) is 3.09. The summed E-state index contributed by atoms with van der Waals surface area (Å²) in [6.07, 6.45) is 39.8. The highest BCUT2D eigenvalue weighted by molar-refractivity contribution is 7.47. The number of rotatable bonds is 40. The van der Waals surface area contributed by atoms with E-state index in [-0.39, 0.29) is 19.1 Å². The van der Waals surface area contributed by atoms with E-state index in [2.05, 4.69) is 19.2 Å². The summed E-state index contributed by atoms with van der Waals surface area (Å²) >= 11 is 0. The molecule has 0 rings (SSSR count). The number of amides is 1. The van der Waals surface area contributed by atoms with Crippen molar-refractivity contribution in [2.75, 3.05) is 40.9 Å². The van der Waals surface area contributed by atoms with Gasteiger partial charge in [0.05, 0.1) is 39.9 Å². The van der Waals surface area contributed by atoms with Crippen molar-refractivity contribution in [2.45, 2.75) is 219 Å². The summed E-state index contributed by atoms with van der Waals surface area (Å²) in [5, 5.41) is 13.8. The lowest BCUT2D eigenvalue weighted by atomic mass is 10.0. The van der Waals surface area contributed by atoms with Gasteiger partial charge in [0.1, 0.15) is 13.2 Å². The van der Waals surface area contributed by atoms with Crippen molar-refractivity contribution in [3.05, 3.63) is 12.2 Å². The van der Waals surface area contributed by atoms with Crippen LogP contribution >= 0.6 is 7.82 Å². The Hall–Kier alpha value is -0.760. The van der Waals surface area contributed by atoms with Gasteiger partial charge >= 0.3 is 7.82 Å². The number of likely N-dealkylation sites (N-methyl/N-ethyl adjacent to an activating group) is 1. The minimum Gasteiger partial charge on any atom is -0.387 e. The Bertz CT molecular complexity index is 865. The number of hydrogen-bond acceptors (Lipinski definition) is 5. The molecule has 3 N–H and O–H groups in total. The Morgan fingerprint density at radius 2 is 1.02 bits per heavy atom. The summed E-state index contributed by atoms with van der Waals surface area (Å²) < 4.78 is 23.5. The normalized spacial score (nSPS) is 14.5. The maximum Gasteiger partial charge on any atom is 0.472 e. The van der Waals surface area contributed by atoms with E-state index in [9.17, 15) is 19.4 Å². The Kier molecular flexibility index (Phi) is 35.4. The molecule has 8 nitrogen and oxygen atoms in total. The minimum absolute atomic E-state index is 0.0645. The van der Waals surface area contributed by atoms with Gasteiger partial charge in [-0.25, -0.2) is 4.57 Å². The van der Waals surface area contributed by atoms with Crippen LogP contribution in [0.1, 0.15) is 206 Å². The first-order valence-corrected chi connectivity index (χ1v) is 23.6. The Morgan fingerprint density at radius 3 is 1.42 bits per heavy atom. The number of phosphoric ester groups is 1. The van der Waals surface area contributed by atoms with Crippen molar-refractivity contribution in [1.29, 1.82) is 0 Å². The molecule has 0 spiro atoms. The van der Waals surface area contributed by atoms with Gasteiger partial charge in [0, 0.05) is 6.42 Å². The van der Waals surface area contributed by atoms with Crippen LogP contribution < -0.4 is 5.32 Å². The molecule has 0 aliphatic heterocycles. The van der Waals surface area contributed by atoms with Gasteiger partial charge in [0.2, 0.25) is 5.91 Å². The van der Waals surface area contributed by atoms with Crippen molar-refractivity contribution in [3.63, 3.8) is 0 Å². The lowest BCUT2D eigenvalue weighted by Crippen LogP contribution is -2.45. The first-order chi connectivity index (χ1) is 25.0. The molecule has 0 radical (unpaired) electrons. The topological polar surface area (TPSA) is 105 Å². The van der Waals surface area contributed by atoms with Crippen LogP contribution in [-0.4, -0.2) is 73.4 Å². The Morgan fingerprint density at radius 1 is 0.635 bits per heavy atom. The molecule has 0 saturated carbocycles. The lowest BCUT2D eigenvalue weighted by molar-refractivity contribution is -0.870. The van der Waals surface area contributed by atoms with E-state index in [0.29, 0.717) is 17.4 Å². The predicted octanol–water partition coefficient (Wildman–Crippen LogP) is 12.0. The van der Waals surface area contributed by atoms with E-state index in [1.807, 2.05) is 27.2 Å². The maximum absolute atomic E-state index is 12.8. The maximum atomic E-state index is 12.8. The van der Waals surface area contributed by atoms with E-state index in [4.69, 9.17) is 9.05 Å². The molecule has 0 aromatic carbocycles. The number of carbonyl (C=O) groups excluding carboxylic acids is 1. The Labute approximate surface area is 322 Å². The molecule has 0 bridgehead atoms. The number of aliphatic hydroxyl groups excluding tert-OH is 1. The van der Waals surface area contributed by atoms with Crippen LogP contribution in [0, 0.1) is 0 Å². The third-order valence-electron chi connectivity index (χ3n) is 10.0. The molecule has 1 amide bonds. The summed E-state index contributed by atoms with van der Waals surface area (Å²) in [6.45, 7) is 4.82. The fourth-order valence-electron chi connectivity index (χ4n) is 6.45. The number of allylic oxidation sites excluding steroid dienone is 1. The molecular formula is C43H88N2O6P+. The zero-order valence-corrected chi connectivity index (χ0v) is 36.0. The largest absolute Gasteiger partial charge is 0.472 e. The number of nitrogens with one attached hydrogen (secondary N) is 1. The molecule has 0 aliphatic carbocycles. The molecule has 0 aliphatic rings. The fourth-order valence-corrected chi connectivity index (χ4v) is 7.19. The number of unbranched alkanes of at least 4 members (excludes halogenated alkanes) is 27. The quantitative estimate of drug-likeness (QED) is 0.0249. The second kappa shape index (κ2) is 35.9. The number of carbonyl (C=O) groups is 1. The molecule has 3 atom stereocenters. The van der Waals surface area contributed by atoms with E-state index in [1.165, 1.54) is 148 Å². The highest BCUT2D eigenvalue weighted by Crippen LogP contribution is 2.43. The van der Waals surface area contributed by atoms with Crippen LogP contribution in [0.25, 0.3) is 0 Å². The zero-order chi connectivity index (χ0) is 38.6. The summed E-state index contributed by atoms with van der Waals surface area (Å²) in [5.74, 6) is -0.175. The van der Waals surface area contributed by atoms with Crippen LogP contribution in [0.3, 0.4) is 0 Å². The molecule has 0 saturated heterocycles. The van der Waals surface area contributed by atoms with E-state index < -0.39 is 20.0 Å². The minimum atomic E-state index is -4.33. The second-order valence-corrected chi connectivity index (χ2v) is 17.9. The Balaban J connectivity index is 4.38. The zero-order valence-electron chi connectivity index (χ0n) is 35.1. The molecule has 0 fully saturated rings. The van der Waals surface area contributed by atoms with Gasteiger partial charge in [-0.05, 0) is 19.3 Å². The summed E-state index contributed by atoms with van der Waals surface area (Å²) in [7, 11) is 1.58. The molecule has 0 aromatic heterocycles. The van der Waals surface area contributed by atoms with Crippen LogP contribution in [-0.2, 0) is 18.4 Å². The smallest absolute Gasteiger partial charge is 0.387 e. The predicted molar refractivity (Wildman–Crippen MR) is 222 cm³/mol. The fraction of sp³-hybridized carbons (Fsp3) is 0.930. The highest BCUT2D eigenvalue weighted by atomic mass is 31.2. The van der Waals surface area contributed by atoms with Crippen molar-refractivity contribution >= 4 is 13.7 Å². The first-order valence-electron chi connectivity index (χ1n) is 22.1. The first kappa shape index (κ1) is 51.2. The van der Waals surface area contributed by atoms with Crippen LogP contribution in [0.15, 0.2) is 12.2 Å². The number of quaternary nitrogens is 1. The molecular weight excluding hydrogens is 671 g/mol. The lowest BCUT2D eigenvalue weighted by Gasteiger charge is -2.25. The van der Waals surface area contributed by atoms with Gasteiger partial charge < -0.3 is 19.8 Å². The molecule has 1 unspecified atom stereocenters. The van der Waals surface area contributed by atoms with E-state index >= 15 is 0 Å². The van der Waals surface area contributed by atoms with Gasteiger partial charge in [-0.1, -0.05) is 193 Å². The van der Waals surface area contributed by atoms with Crippen LogP contribution in [0.5, 0.6) is 0 Å². The van der Waals surface area contributed by atoms with Crippen LogP contribution in [0.2, 0.25) is 0 Å². The van der Waals surface area contributed by atoms with Gasteiger partial charge in [-0.3, -0.25) is 13.8 Å². The van der Waals surface area contributed by atoms with Crippen molar-refractivity contribution in [1.82, 2.24) is 5.32 Å². The van der Waals surface area contributed by atoms with Crippen molar-refractivity contribution in [3.8, 4) is 0 Å². The highest BCUT2D eigenvalue weighted by Gasteiger charge is 2.27. The molecule has 0 heterocycles. The van der Waals surface area contributed by atoms with E-state index in [1.54, 1.807) is 6.08 Å². The average molecular weight is 760 g/mol. The molecule has 9 heteroatoms. The molecule has 310 valence electrons. The number of aliphatic hydroxyl groups is 1. The SMILES string of the molecule is CCCCCCCCCCCCCC=C[C@@H](O)[C@H](COP(=O)(O)OCC[N+](C)(C)C)NC(=O)CCCCCCCCCCCCCCCCCCC. The number of hydrogen-bond donors (Lipinski definition) is 3. The molecule has 0 aromatic rings. The number of phosphoric acid groups is 1. The monoisotopic (exact) mass is 760 g/mol. The van der Waals surface area contributed by atoms with Crippen LogP contribution in [0.4, 0.5) is 0 Å². The third kappa shape index (κ3) is 37.6. The van der Waals surface area contributed by atoms with Crippen molar-refractivity contribution in [2.24, 2.45) is 0 Å². The number of nitrogens with zero attached hydrogens (tertiary/aromatic N) is 1. The summed E-state index contributed by atoms with van der Waals surface area (Å²) in [6, 6.07) is -0.839. The third-order valence-corrected chi connectivity index (χ3v) is 11.0.